The third kappa shape index (κ3) is 7.95. The van der Waals surface area contributed by atoms with E-state index < -0.39 is 7.12 Å². The van der Waals surface area contributed by atoms with Crippen LogP contribution >= 0.6 is 0 Å². The Hall–Kier alpha value is -4.08. The predicted molar refractivity (Wildman–Crippen MR) is 149 cm³/mol. The second-order valence-electron chi connectivity index (χ2n) is 9.42. The molecule has 0 spiro atoms. The van der Waals surface area contributed by atoms with E-state index in [1.165, 1.54) is 7.48 Å². The number of nitrogens with one attached hydrogen (secondary N) is 1. The van der Waals surface area contributed by atoms with Crippen molar-refractivity contribution in [2.45, 2.75) is 26.6 Å². The first kappa shape index (κ1) is 27.9. The summed E-state index contributed by atoms with van der Waals surface area (Å²) in [6.07, 6.45) is 8.03. The van der Waals surface area contributed by atoms with Gasteiger partial charge in [0.1, 0.15) is 0 Å². The summed E-state index contributed by atoms with van der Waals surface area (Å²) < 4.78 is 4.09. The third-order valence-electron chi connectivity index (χ3n) is 6.13. The zero-order valence-electron chi connectivity index (χ0n) is 21.7. The molecule has 10 heteroatoms. The van der Waals surface area contributed by atoms with Gasteiger partial charge >= 0.3 is 14.6 Å². The minimum Gasteiger partial charge on any atom is -0.423 e. The highest BCUT2D eigenvalue weighted by Gasteiger charge is 2.16. The Morgan fingerprint density at radius 1 is 0.923 bits per heavy atom. The highest BCUT2D eigenvalue weighted by molar-refractivity contribution is 6.58. The summed E-state index contributed by atoms with van der Waals surface area (Å²) in [5, 5.41) is 30.8. The van der Waals surface area contributed by atoms with Crippen LogP contribution in [-0.2, 0) is 29.2 Å². The number of nitrogens with zero attached hydrogens (tertiary/aromatic N) is 2. The smallest absolute Gasteiger partial charge is 0.423 e. The molecule has 2 aromatic carbocycles. The Labute approximate surface area is 228 Å². The van der Waals surface area contributed by atoms with Gasteiger partial charge in [-0.25, -0.2) is 4.57 Å². The number of hydrogen-bond donors (Lipinski definition) is 4. The molecule has 0 saturated heterocycles. The molecule has 0 fully saturated rings. The van der Waals surface area contributed by atoms with E-state index in [1.807, 2.05) is 71.7 Å². The number of amides is 1. The Balaban J connectivity index is 1.65. The maximum Gasteiger partial charge on any atom is 0.488 e. The fraction of sp³-hybridized carbons (Fsp3) is 0.138. The van der Waals surface area contributed by atoms with Crippen LogP contribution in [0.3, 0.4) is 0 Å². The molecule has 0 aliphatic heterocycles. The van der Waals surface area contributed by atoms with Crippen molar-refractivity contribution >= 4 is 31.4 Å². The zero-order valence-corrected chi connectivity index (χ0v) is 21.7. The average Bonchev–Trinajstić information content (AvgIpc) is 2.92. The average molecular weight is 522 g/mol. The number of carbonyl (C=O) groups is 1. The van der Waals surface area contributed by atoms with E-state index in [4.69, 9.17) is 5.26 Å². The molecule has 0 aliphatic carbocycles. The minimum absolute atomic E-state index is 0.208. The third-order valence-corrected chi connectivity index (χ3v) is 6.13. The molecular weight excluding hydrogens is 492 g/mol. The van der Waals surface area contributed by atoms with E-state index in [0.29, 0.717) is 30.7 Å². The number of carbonyl (C=O) groups excluding carboxylic acids is 1. The standard InChI is InChI=1S/C29H28B2N3O5/c1-21(2)29(35)32-15-24-12-26(20-34(18-24)17-23-7-4-10-28(14-23)31(36)37)25-8-5-11-33(19-25)16-22-6-3-9-27(13-22)30-39-38/h3-14,18-20,36-37H,1,15-17H2,2H3/p+2. The second-order valence-corrected chi connectivity index (χ2v) is 9.42. The summed E-state index contributed by atoms with van der Waals surface area (Å²) in [6.45, 7) is 6.82. The van der Waals surface area contributed by atoms with Gasteiger partial charge in [-0.15, -0.1) is 0 Å². The normalized spacial score (nSPS) is 10.7. The maximum atomic E-state index is 12.1. The Morgan fingerprint density at radius 3 is 2.38 bits per heavy atom. The van der Waals surface area contributed by atoms with Gasteiger partial charge in [-0.1, -0.05) is 55.1 Å². The van der Waals surface area contributed by atoms with Crippen LogP contribution in [0.2, 0.25) is 0 Å². The van der Waals surface area contributed by atoms with E-state index in [2.05, 4.69) is 27.5 Å². The second kappa shape index (κ2) is 13.1. The molecule has 0 unspecified atom stereocenters. The van der Waals surface area contributed by atoms with Gasteiger partial charge in [0, 0.05) is 34.9 Å². The highest BCUT2D eigenvalue weighted by atomic mass is 17.1. The molecule has 1 radical (unpaired) electrons. The van der Waals surface area contributed by atoms with Gasteiger partial charge in [0.05, 0.1) is 11.1 Å². The number of hydrogen-bond acceptors (Lipinski definition) is 5. The molecule has 0 aliphatic rings. The fourth-order valence-corrected chi connectivity index (χ4v) is 4.27. The lowest BCUT2D eigenvalue weighted by molar-refractivity contribution is -0.689. The van der Waals surface area contributed by atoms with Crippen LogP contribution in [0.15, 0.2) is 104 Å². The molecule has 39 heavy (non-hydrogen) atoms. The largest absolute Gasteiger partial charge is 0.488 e. The van der Waals surface area contributed by atoms with Crippen molar-refractivity contribution in [1.82, 2.24) is 5.32 Å². The highest BCUT2D eigenvalue weighted by Crippen LogP contribution is 2.18. The van der Waals surface area contributed by atoms with Crippen LogP contribution in [0, 0.1) is 0 Å². The van der Waals surface area contributed by atoms with Crippen LogP contribution < -0.4 is 25.4 Å². The van der Waals surface area contributed by atoms with Crippen molar-refractivity contribution in [1.29, 1.82) is 0 Å². The summed E-state index contributed by atoms with van der Waals surface area (Å²) in [5.74, 6) is -0.208. The summed E-state index contributed by atoms with van der Waals surface area (Å²) in [5.41, 5.74) is 6.43. The van der Waals surface area contributed by atoms with Gasteiger partial charge in [-0.2, -0.15) is 4.57 Å². The van der Waals surface area contributed by atoms with E-state index >= 15 is 0 Å². The SMILES string of the molecule is C=C(C)C(=O)NCc1cc(-c2ccc[n+](Cc3cccc([B]OO)c3)c2)c[n+](Cc2cccc(B(O)O)c2)c1. The van der Waals surface area contributed by atoms with Gasteiger partial charge in [-0.3, -0.25) is 10.1 Å². The van der Waals surface area contributed by atoms with Crippen molar-refractivity contribution in [2.75, 3.05) is 0 Å². The molecule has 2 heterocycles. The summed E-state index contributed by atoms with van der Waals surface area (Å²) >= 11 is 0. The lowest BCUT2D eigenvalue weighted by Crippen LogP contribution is -2.37. The molecular formula is C29H30B2N3O5+2. The molecule has 4 rings (SSSR count). The van der Waals surface area contributed by atoms with Gasteiger partial charge in [0.15, 0.2) is 37.9 Å². The van der Waals surface area contributed by atoms with E-state index in [9.17, 15) is 14.8 Å². The van der Waals surface area contributed by atoms with Crippen molar-refractivity contribution in [3.8, 4) is 11.1 Å². The van der Waals surface area contributed by atoms with Gasteiger partial charge in [0.25, 0.3) is 0 Å². The molecule has 0 saturated carbocycles. The predicted octanol–water partition coefficient (Wildman–Crippen LogP) is 0.631. The molecule has 4 aromatic rings. The molecule has 0 bridgehead atoms. The number of rotatable bonds is 11. The quantitative estimate of drug-likeness (QED) is 0.0761. The van der Waals surface area contributed by atoms with Gasteiger partial charge in [-0.05, 0) is 30.0 Å². The van der Waals surface area contributed by atoms with Crippen LogP contribution in [0.25, 0.3) is 11.1 Å². The summed E-state index contributed by atoms with van der Waals surface area (Å²) in [6, 6.07) is 20.9. The summed E-state index contributed by atoms with van der Waals surface area (Å²) in [4.78, 5) is 16.3. The molecule has 195 valence electrons. The number of pyridine rings is 2. The van der Waals surface area contributed by atoms with E-state index in [-0.39, 0.29) is 5.91 Å². The molecule has 4 N–H and O–H groups in total. The lowest BCUT2D eigenvalue weighted by atomic mass is 9.79. The number of aromatic nitrogens is 2. The van der Waals surface area contributed by atoms with Gasteiger partial charge < -0.3 is 20.2 Å². The maximum absolute atomic E-state index is 12.1. The van der Waals surface area contributed by atoms with Crippen molar-refractivity contribution < 1.29 is 34.0 Å². The first-order valence-electron chi connectivity index (χ1n) is 12.4. The number of benzene rings is 2. The topological polar surface area (TPSA) is 107 Å². The Kier molecular flexibility index (Phi) is 9.40. The zero-order chi connectivity index (χ0) is 27.8. The van der Waals surface area contributed by atoms with E-state index in [1.54, 1.807) is 25.1 Å². The summed E-state index contributed by atoms with van der Waals surface area (Å²) in [7, 11) is -0.262. The van der Waals surface area contributed by atoms with E-state index in [0.717, 1.165) is 33.3 Å². The Morgan fingerprint density at radius 2 is 1.64 bits per heavy atom. The Bertz CT molecular complexity index is 1480. The molecule has 1 amide bonds. The van der Waals surface area contributed by atoms with Crippen LogP contribution in [0.5, 0.6) is 0 Å². The fourth-order valence-electron chi connectivity index (χ4n) is 4.27. The lowest BCUT2D eigenvalue weighted by Gasteiger charge is -2.08. The first-order valence-corrected chi connectivity index (χ1v) is 12.4. The monoisotopic (exact) mass is 522 g/mol. The molecule has 2 aromatic heterocycles. The van der Waals surface area contributed by atoms with Crippen LogP contribution in [0.4, 0.5) is 0 Å². The van der Waals surface area contributed by atoms with Crippen LogP contribution in [0.1, 0.15) is 23.6 Å². The van der Waals surface area contributed by atoms with Crippen molar-refractivity contribution in [2.24, 2.45) is 0 Å². The van der Waals surface area contributed by atoms with Crippen molar-refractivity contribution in [3.05, 3.63) is 120 Å². The molecule has 8 nitrogen and oxygen atoms in total. The first-order chi connectivity index (χ1) is 18.8. The van der Waals surface area contributed by atoms with Gasteiger partial charge in [0.2, 0.25) is 5.91 Å². The van der Waals surface area contributed by atoms with Crippen molar-refractivity contribution in [3.63, 3.8) is 0 Å². The molecule has 0 atom stereocenters. The van der Waals surface area contributed by atoms with Crippen LogP contribution in [-0.4, -0.2) is 35.8 Å². The minimum atomic E-state index is -1.54.